The van der Waals surface area contributed by atoms with Crippen molar-refractivity contribution in [1.29, 1.82) is 0 Å². The molecule has 0 aliphatic heterocycles. The smallest absolute Gasteiger partial charge is 0.146 e. The van der Waals surface area contributed by atoms with Crippen LogP contribution >= 0.6 is 0 Å². The molecule has 21 heavy (non-hydrogen) atoms. The fourth-order valence-electron chi connectivity index (χ4n) is 2.00. The van der Waals surface area contributed by atoms with E-state index in [1.807, 2.05) is 30.3 Å². The van der Waals surface area contributed by atoms with Crippen molar-refractivity contribution in [3.63, 3.8) is 0 Å². The van der Waals surface area contributed by atoms with Crippen LogP contribution in [0.2, 0.25) is 0 Å². The molecule has 0 saturated heterocycles. The predicted octanol–water partition coefficient (Wildman–Crippen LogP) is 3.84. The zero-order chi connectivity index (χ0) is 14.8. The second-order valence-corrected chi connectivity index (χ2v) is 5.23. The lowest BCUT2D eigenvalue weighted by molar-refractivity contribution is 0.338. The maximum Gasteiger partial charge on any atom is 0.146 e. The average molecular weight is 292 g/mol. The number of hydrogen-bond acceptors (Lipinski definition) is 1. The average Bonchev–Trinajstić information content (AvgIpc) is 2.58. The summed E-state index contributed by atoms with van der Waals surface area (Å²) in [5, 5.41) is 0. The van der Waals surface area contributed by atoms with Crippen molar-refractivity contribution in [2.24, 2.45) is 0 Å². The normalized spacial score (nSPS) is 9.71. The van der Waals surface area contributed by atoms with Gasteiger partial charge in [0.1, 0.15) is 10.5 Å². The molecular formula is C19H20OSi. The second-order valence-electron chi connectivity index (χ2n) is 4.65. The Hall–Kier alpha value is -2.16. The lowest BCUT2D eigenvalue weighted by Crippen LogP contribution is -1.85. The van der Waals surface area contributed by atoms with E-state index in [0.29, 0.717) is 0 Å². The van der Waals surface area contributed by atoms with Gasteiger partial charge < -0.3 is 4.43 Å². The lowest BCUT2D eigenvalue weighted by Gasteiger charge is -1.98. The van der Waals surface area contributed by atoms with Crippen LogP contribution < -0.4 is 0 Å². The molecule has 0 aliphatic carbocycles. The van der Waals surface area contributed by atoms with Crippen LogP contribution in [0.1, 0.15) is 5.56 Å². The topological polar surface area (TPSA) is 9.23 Å². The molecule has 0 atom stereocenters. The predicted molar refractivity (Wildman–Crippen MR) is 93.0 cm³/mol. The van der Waals surface area contributed by atoms with E-state index in [-0.39, 0.29) is 0 Å². The van der Waals surface area contributed by atoms with Gasteiger partial charge in [0.15, 0.2) is 0 Å². The zero-order valence-corrected chi connectivity index (χ0v) is 14.3. The first-order chi connectivity index (χ1) is 10.4. The largest absolute Gasteiger partial charge is 0.424 e. The van der Waals surface area contributed by atoms with Gasteiger partial charge in [0, 0.05) is 0 Å². The Bertz CT molecular complexity index is 571. The molecule has 0 fully saturated rings. The molecule has 3 aromatic rings. The molecule has 2 heteroatoms. The minimum absolute atomic E-state index is 0.771. The summed E-state index contributed by atoms with van der Waals surface area (Å²) in [5.41, 5.74) is 3.81. The molecule has 0 saturated carbocycles. The minimum atomic E-state index is 0.771. The van der Waals surface area contributed by atoms with Gasteiger partial charge in [-0.1, -0.05) is 91.0 Å². The molecular weight excluding hydrogens is 272 g/mol. The Morgan fingerprint density at radius 2 is 0.952 bits per heavy atom. The van der Waals surface area contributed by atoms with Crippen LogP contribution in [0.3, 0.4) is 0 Å². The van der Waals surface area contributed by atoms with Gasteiger partial charge in [-0.3, -0.25) is 0 Å². The van der Waals surface area contributed by atoms with Crippen LogP contribution in [-0.4, -0.2) is 10.5 Å². The standard InChI is InChI=1S/C12H10.C7H10OSi/c1-3-7-11(8-4-1)12-9-5-2-6-10-12;9-8-6-7-4-2-1-3-5-7/h1-10H;1-5H,6H2,9H3. The molecule has 0 bridgehead atoms. The Balaban J connectivity index is 0.000000161. The molecule has 0 radical (unpaired) electrons. The Morgan fingerprint density at radius 3 is 1.33 bits per heavy atom. The van der Waals surface area contributed by atoms with Crippen molar-refractivity contribution in [1.82, 2.24) is 0 Å². The van der Waals surface area contributed by atoms with Gasteiger partial charge in [-0.05, 0) is 16.7 Å². The van der Waals surface area contributed by atoms with Crippen molar-refractivity contribution in [3.8, 4) is 11.1 Å². The number of rotatable bonds is 3. The summed E-state index contributed by atoms with van der Waals surface area (Å²) in [7, 11) is 0.824. The van der Waals surface area contributed by atoms with E-state index < -0.39 is 0 Å². The van der Waals surface area contributed by atoms with E-state index in [1.54, 1.807) is 0 Å². The number of benzene rings is 3. The monoisotopic (exact) mass is 292 g/mol. The molecule has 1 nitrogen and oxygen atoms in total. The summed E-state index contributed by atoms with van der Waals surface area (Å²) in [5.74, 6) is 0. The van der Waals surface area contributed by atoms with Crippen molar-refractivity contribution in [2.75, 3.05) is 0 Å². The van der Waals surface area contributed by atoms with Gasteiger partial charge in [-0.25, -0.2) is 0 Å². The van der Waals surface area contributed by atoms with Crippen molar-refractivity contribution >= 4 is 10.5 Å². The van der Waals surface area contributed by atoms with Crippen LogP contribution in [0, 0.1) is 0 Å². The zero-order valence-electron chi connectivity index (χ0n) is 12.3. The Labute approximate surface area is 129 Å². The lowest BCUT2D eigenvalue weighted by atomic mass is 10.1. The maximum absolute atomic E-state index is 5.07. The quantitative estimate of drug-likeness (QED) is 0.667. The van der Waals surface area contributed by atoms with Gasteiger partial charge in [-0.15, -0.1) is 0 Å². The van der Waals surface area contributed by atoms with Crippen LogP contribution in [0.25, 0.3) is 11.1 Å². The van der Waals surface area contributed by atoms with Crippen LogP contribution in [0.15, 0.2) is 91.0 Å². The third-order valence-electron chi connectivity index (χ3n) is 3.03. The van der Waals surface area contributed by atoms with Gasteiger partial charge in [0.05, 0.1) is 6.61 Å². The van der Waals surface area contributed by atoms with E-state index in [0.717, 1.165) is 17.1 Å². The highest BCUT2D eigenvalue weighted by molar-refractivity contribution is 5.97. The third-order valence-corrected chi connectivity index (χ3v) is 3.32. The third kappa shape index (κ3) is 5.38. The molecule has 0 amide bonds. The molecule has 106 valence electrons. The van der Waals surface area contributed by atoms with E-state index >= 15 is 0 Å². The van der Waals surface area contributed by atoms with Crippen molar-refractivity contribution < 1.29 is 4.43 Å². The summed E-state index contributed by atoms with van der Waals surface area (Å²) in [4.78, 5) is 0. The van der Waals surface area contributed by atoms with Crippen LogP contribution in [0.4, 0.5) is 0 Å². The number of hydrogen-bond donors (Lipinski definition) is 0. The highest BCUT2D eigenvalue weighted by Crippen LogP contribution is 2.17. The molecule has 0 aromatic heterocycles. The fourth-order valence-corrected chi connectivity index (χ4v) is 2.34. The molecule has 0 heterocycles. The van der Waals surface area contributed by atoms with Gasteiger partial charge >= 0.3 is 0 Å². The molecule has 0 spiro atoms. The maximum atomic E-state index is 5.07. The first-order valence-corrected chi connectivity index (χ1v) is 7.85. The van der Waals surface area contributed by atoms with Crippen molar-refractivity contribution in [2.45, 2.75) is 6.61 Å². The van der Waals surface area contributed by atoms with E-state index in [1.165, 1.54) is 16.7 Å². The highest BCUT2D eigenvalue weighted by atomic mass is 28.2. The first kappa shape index (κ1) is 15.2. The molecule has 0 aliphatic rings. The van der Waals surface area contributed by atoms with Gasteiger partial charge in [-0.2, -0.15) is 0 Å². The summed E-state index contributed by atoms with van der Waals surface area (Å²) in [6.45, 7) is 0.771. The van der Waals surface area contributed by atoms with Gasteiger partial charge in [0.2, 0.25) is 0 Å². The minimum Gasteiger partial charge on any atom is -0.424 e. The summed E-state index contributed by atoms with van der Waals surface area (Å²) in [6, 6.07) is 31.0. The summed E-state index contributed by atoms with van der Waals surface area (Å²) < 4.78 is 5.07. The van der Waals surface area contributed by atoms with Gasteiger partial charge in [0.25, 0.3) is 0 Å². The first-order valence-electron chi connectivity index (χ1n) is 7.03. The summed E-state index contributed by atoms with van der Waals surface area (Å²) >= 11 is 0. The van der Waals surface area contributed by atoms with Crippen molar-refractivity contribution in [3.05, 3.63) is 96.6 Å². The Morgan fingerprint density at radius 1 is 0.571 bits per heavy atom. The van der Waals surface area contributed by atoms with Crippen LogP contribution in [-0.2, 0) is 11.0 Å². The summed E-state index contributed by atoms with van der Waals surface area (Å²) in [6.07, 6.45) is 0. The molecule has 3 aromatic carbocycles. The molecule has 0 unspecified atom stereocenters. The molecule has 0 N–H and O–H groups in total. The fraction of sp³-hybridized carbons (Fsp3) is 0.0526. The second kappa shape index (κ2) is 8.90. The Kier molecular flexibility index (Phi) is 6.45. The van der Waals surface area contributed by atoms with E-state index in [9.17, 15) is 0 Å². The van der Waals surface area contributed by atoms with E-state index in [4.69, 9.17) is 4.43 Å². The molecule has 3 rings (SSSR count). The SMILES string of the molecule is [SiH3]OCc1ccccc1.c1ccc(-c2ccccc2)cc1. The highest BCUT2D eigenvalue weighted by Gasteiger charge is 1.91. The van der Waals surface area contributed by atoms with Crippen LogP contribution in [0.5, 0.6) is 0 Å². The van der Waals surface area contributed by atoms with E-state index in [2.05, 4.69) is 60.7 Å².